The number of rotatable bonds is 5. The van der Waals surface area contributed by atoms with Crippen molar-refractivity contribution in [2.45, 2.75) is 13.5 Å². The van der Waals surface area contributed by atoms with Gasteiger partial charge in [0, 0.05) is 0 Å². The number of azo groups is 1. The third kappa shape index (κ3) is 4.51. The summed E-state index contributed by atoms with van der Waals surface area (Å²) in [5.41, 5.74) is 3.15. The first kappa shape index (κ1) is 15.0. The second-order valence-electron chi connectivity index (χ2n) is 5.30. The average molecular weight is 302 g/mol. The van der Waals surface area contributed by atoms with Crippen LogP contribution in [0.3, 0.4) is 0 Å². The topological polar surface area (TPSA) is 34.0 Å². The molecule has 3 aromatic rings. The van der Waals surface area contributed by atoms with Crippen LogP contribution in [0.25, 0.3) is 0 Å². The highest BCUT2D eigenvalue weighted by Gasteiger charge is 1.98. The van der Waals surface area contributed by atoms with Crippen molar-refractivity contribution >= 4 is 5.69 Å². The van der Waals surface area contributed by atoms with Crippen LogP contribution < -0.4 is 4.74 Å². The molecule has 0 heterocycles. The zero-order chi connectivity index (χ0) is 15.9. The molecular formula is C20H18N2O. The lowest BCUT2D eigenvalue weighted by Gasteiger charge is -2.06. The molecule has 3 rings (SSSR count). The maximum atomic E-state index is 5.82. The molecule has 0 fully saturated rings. The van der Waals surface area contributed by atoms with E-state index in [1.54, 1.807) is 0 Å². The van der Waals surface area contributed by atoms with Crippen molar-refractivity contribution in [3.63, 3.8) is 0 Å². The number of ether oxygens (including phenoxy) is 1. The second kappa shape index (κ2) is 7.36. The maximum Gasteiger partial charge on any atom is 0.127 e. The first-order chi connectivity index (χ1) is 11.3. The zero-order valence-electron chi connectivity index (χ0n) is 13.0. The number of hydrogen-bond donors (Lipinski definition) is 0. The molecule has 0 saturated carbocycles. The number of benzene rings is 3. The summed E-state index contributed by atoms with van der Waals surface area (Å²) < 4.78 is 5.82. The highest BCUT2D eigenvalue weighted by atomic mass is 16.5. The van der Waals surface area contributed by atoms with E-state index in [0.29, 0.717) is 6.54 Å². The largest absolute Gasteiger partial charge is 0.457 e. The van der Waals surface area contributed by atoms with Gasteiger partial charge < -0.3 is 4.74 Å². The van der Waals surface area contributed by atoms with Gasteiger partial charge in [0.25, 0.3) is 0 Å². The lowest BCUT2D eigenvalue weighted by atomic mass is 10.2. The van der Waals surface area contributed by atoms with E-state index in [4.69, 9.17) is 4.74 Å². The van der Waals surface area contributed by atoms with E-state index in [0.717, 1.165) is 22.7 Å². The minimum absolute atomic E-state index is 0.528. The van der Waals surface area contributed by atoms with Crippen LogP contribution in [0.1, 0.15) is 11.1 Å². The second-order valence-corrected chi connectivity index (χ2v) is 5.30. The standard InChI is InChI=1S/C20H18N2O/c1-16-10-12-18(13-11-16)22-21-15-17-6-5-9-20(14-17)23-19-7-3-2-4-8-19/h2-14H,15H2,1H3. The van der Waals surface area contributed by atoms with Gasteiger partial charge in [0.05, 0.1) is 12.2 Å². The Morgan fingerprint density at radius 2 is 1.52 bits per heavy atom. The predicted octanol–water partition coefficient (Wildman–Crippen LogP) is 6.07. The van der Waals surface area contributed by atoms with Gasteiger partial charge in [0.15, 0.2) is 0 Å². The molecule has 0 atom stereocenters. The Morgan fingerprint density at radius 1 is 0.783 bits per heavy atom. The third-order valence-corrected chi connectivity index (χ3v) is 3.35. The smallest absolute Gasteiger partial charge is 0.127 e. The molecule has 0 aliphatic carbocycles. The summed E-state index contributed by atoms with van der Waals surface area (Å²) in [7, 11) is 0. The summed E-state index contributed by atoms with van der Waals surface area (Å²) in [6.07, 6.45) is 0. The van der Waals surface area contributed by atoms with Gasteiger partial charge in [-0.25, -0.2) is 0 Å². The van der Waals surface area contributed by atoms with Gasteiger partial charge in [0.2, 0.25) is 0 Å². The molecule has 0 saturated heterocycles. The van der Waals surface area contributed by atoms with Crippen molar-refractivity contribution in [3.8, 4) is 11.5 Å². The van der Waals surface area contributed by atoms with Crippen molar-refractivity contribution in [2.24, 2.45) is 10.2 Å². The Hall–Kier alpha value is -2.94. The Morgan fingerprint density at radius 3 is 2.30 bits per heavy atom. The molecule has 0 spiro atoms. The van der Waals surface area contributed by atoms with Crippen molar-refractivity contribution in [3.05, 3.63) is 90.0 Å². The van der Waals surface area contributed by atoms with E-state index in [2.05, 4.69) is 17.2 Å². The first-order valence-electron chi connectivity index (χ1n) is 7.56. The number of nitrogens with zero attached hydrogens (tertiary/aromatic N) is 2. The third-order valence-electron chi connectivity index (χ3n) is 3.35. The maximum absolute atomic E-state index is 5.82. The highest BCUT2D eigenvalue weighted by Crippen LogP contribution is 2.22. The van der Waals surface area contributed by atoms with Crippen LogP contribution >= 0.6 is 0 Å². The molecule has 3 aromatic carbocycles. The molecule has 0 amide bonds. The Labute approximate surface area is 136 Å². The lowest BCUT2D eigenvalue weighted by molar-refractivity contribution is 0.482. The number of aryl methyl sites for hydroxylation is 1. The van der Waals surface area contributed by atoms with Crippen molar-refractivity contribution < 1.29 is 4.74 Å². The van der Waals surface area contributed by atoms with Crippen LogP contribution in [0.5, 0.6) is 11.5 Å². The summed E-state index contributed by atoms with van der Waals surface area (Å²) in [5, 5.41) is 8.50. The van der Waals surface area contributed by atoms with Crippen LogP contribution in [0.4, 0.5) is 5.69 Å². The van der Waals surface area contributed by atoms with Gasteiger partial charge in [-0.1, -0.05) is 48.0 Å². The fourth-order valence-electron chi connectivity index (χ4n) is 2.14. The van der Waals surface area contributed by atoms with Gasteiger partial charge in [-0.3, -0.25) is 0 Å². The molecule has 0 aliphatic heterocycles. The van der Waals surface area contributed by atoms with Crippen LogP contribution in [0, 0.1) is 6.92 Å². The summed E-state index contributed by atoms with van der Waals surface area (Å²) in [4.78, 5) is 0. The molecule has 0 aromatic heterocycles. The van der Waals surface area contributed by atoms with Gasteiger partial charge in [-0.05, 0) is 48.9 Å². The molecule has 23 heavy (non-hydrogen) atoms. The Bertz CT molecular complexity index is 780. The van der Waals surface area contributed by atoms with E-state index in [-0.39, 0.29) is 0 Å². The summed E-state index contributed by atoms with van der Waals surface area (Å²) in [5.74, 6) is 1.63. The molecule has 0 aliphatic rings. The number of hydrogen-bond acceptors (Lipinski definition) is 3. The number of para-hydroxylation sites is 1. The molecule has 0 radical (unpaired) electrons. The molecule has 0 bridgehead atoms. The van der Waals surface area contributed by atoms with E-state index in [1.165, 1.54) is 5.56 Å². The van der Waals surface area contributed by atoms with E-state index in [1.807, 2.05) is 78.9 Å². The molecule has 114 valence electrons. The summed E-state index contributed by atoms with van der Waals surface area (Å²) >= 11 is 0. The Balaban J connectivity index is 1.64. The van der Waals surface area contributed by atoms with Crippen LogP contribution in [-0.4, -0.2) is 0 Å². The van der Waals surface area contributed by atoms with Gasteiger partial charge >= 0.3 is 0 Å². The van der Waals surface area contributed by atoms with Gasteiger partial charge in [-0.2, -0.15) is 10.2 Å². The summed E-state index contributed by atoms with van der Waals surface area (Å²) in [6, 6.07) is 25.6. The monoisotopic (exact) mass is 302 g/mol. The minimum atomic E-state index is 0.528. The van der Waals surface area contributed by atoms with Crippen molar-refractivity contribution in [2.75, 3.05) is 0 Å². The Kier molecular flexibility index (Phi) is 4.79. The first-order valence-corrected chi connectivity index (χ1v) is 7.56. The van der Waals surface area contributed by atoms with Crippen molar-refractivity contribution in [1.29, 1.82) is 0 Å². The highest BCUT2D eigenvalue weighted by molar-refractivity contribution is 5.38. The molecular weight excluding hydrogens is 284 g/mol. The van der Waals surface area contributed by atoms with Crippen molar-refractivity contribution in [1.82, 2.24) is 0 Å². The SMILES string of the molecule is Cc1ccc(N=NCc2cccc(Oc3ccccc3)c2)cc1. The van der Waals surface area contributed by atoms with Crippen LogP contribution in [0.15, 0.2) is 89.1 Å². The molecule has 3 heteroatoms. The zero-order valence-corrected chi connectivity index (χ0v) is 13.0. The fraction of sp³-hybridized carbons (Fsp3) is 0.100. The quantitative estimate of drug-likeness (QED) is 0.526. The molecule has 0 N–H and O–H groups in total. The van der Waals surface area contributed by atoms with Crippen LogP contribution in [-0.2, 0) is 6.54 Å². The van der Waals surface area contributed by atoms with Gasteiger partial charge in [0.1, 0.15) is 11.5 Å². The average Bonchev–Trinajstić information content (AvgIpc) is 2.58. The summed E-state index contributed by atoms with van der Waals surface area (Å²) in [6.45, 7) is 2.58. The predicted molar refractivity (Wildman–Crippen MR) is 92.4 cm³/mol. The van der Waals surface area contributed by atoms with Gasteiger partial charge in [-0.15, -0.1) is 0 Å². The minimum Gasteiger partial charge on any atom is -0.457 e. The van der Waals surface area contributed by atoms with E-state index >= 15 is 0 Å². The van der Waals surface area contributed by atoms with Crippen LogP contribution in [0.2, 0.25) is 0 Å². The lowest BCUT2D eigenvalue weighted by Crippen LogP contribution is -1.86. The fourth-order valence-corrected chi connectivity index (χ4v) is 2.14. The molecule has 3 nitrogen and oxygen atoms in total. The molecule has 0 unspecified atom stereocenters. The normalized spacial score (nSPS) is 10.8. The van der Waals surface area contributed by atoms with E-state index in [9.17, 15) is 0 Å². The van der Waals surface area contributed by atoms with E-state index < -0.39 is 0 Å².